The molecule has 1 aliphatic rings. The van der Waals surface area contributed by atoms with Gasteiger partial charge in [0.1, 0.15) is 0 Å². The van der Waals surface area contributed by atoms with Crippen LogP contribution in [0, 0.1) is 0 Å². The molecule has 1 N–H and O–H groups in total. The number of benzene rings is 1. The Kier molecular flexibility index (Phi) is 6.59. The highest BCUT2D eigenvalue weighted by Gasteiger charge is 2.39. The molecule has 150 valence electrons. The third kappa shape index (κ3) is 5.49. The quantitative estimate of drug-likeness (QED) is 0.668. The molecule has 1 fully saturated rings. The molecule has 1 atom stereocenters. The van der Waals surface area contributed by atoms with E-state index in [-0.39, 0.29) is 27.8 Å². The van der Waals surface area contributed by atoms with Crippen LogP contribution in [-0.4, -0.2) is 57.7 Å². The van der Waals surface area contributed by atoms with Gasteiger partial charge < -0.3 is 19.5 Å². The number of carbonyl (C=O) groups is 2. The molecular formula is C17H22ClNO7S. The number of hydrogen-bond donors (Lipinski definition) is 1. The second kappa shape index (κ2) is 8.35. The lowest BCUT2D eigenvalue weighted by atomic mass is 10.0. The van der Waals surface area contributed by atoms with E-state index in [4.69, 9.17) is 25.8 Å². The van der Waals surface area contributed by atoms with E-state index in [9.17, 15) is 18.0 Å². The van der Waals surface area contributed by atoms with Crippen molar-refractivity contribution in [2.45, 2.75) is 25.8 Å². The molecule has 1 aliphatic heterocycles. The van der Waals surface area contributed by atoms with E-state index in [1.807, 2.05) is 0 Å². The molecule has 27 heavy (non-hydrogen) atoms. The Hall–Kier alpha value is -2.00. The molecule has 1 heterocycles. The van der Waals surface area contributed by atoms with Crippen molar-refractivity contribution in [2.24, 2.45) is 0 Å². The predicted octanol–water partition coefficient (Wildman–Crippen LogP) is 1.60. The number of rotatable bonds is 7. The number of nitrogens with one attached hydrogen (secondary N) is 1. The standard InChI is InChI=1S/C17H22ClNO7S/c1-4-25-15-12(18)7-11(8-13(15)24-3)16(21)26-9-14(20)19-17(2)5-6-27(22,23)10-17/h7-8H,4-6,9-10H2,1-3H3,(H,19,20)/t17-/m0/s1. The molecule has 1 amide bonds. The highest BCUT2D eigenvalue weighted by molar-refractivity contribution is 7.91. The maximum Gasteiger partial charge on any atom is 0.338 e. The fourth-order valence-corrected chi connectivity index (χ4v) is 5.18. The maximum atomic E-state index is 12.2. The van der Waals surface area contributed by atoms with E-state index >= 15 is 0 Å². The average Bonchev–Trinajstić information content (AvgIpc) is 2.87. The van der Waals surface area contributed by atoms with Crippen molar-refractivity contribution in [1.29, 1.82) is 0 Å². The van der Waals surface area contributed by atoms with E-state index in [1.165, 1.54) is 19.2 Å². The molecule has 0 aliphatic carbocycles. The second-order valence-corrected chi connectivity index (χ2v) is 9.04. The van der Waals surface area contributed by atoms with Gasteiger partial charge in [0.25, 0.3) is 5.91 Å². The zero-order valence-corrected chi connectivity index (χ0v) is 16.9. The van der Waals surface area contributed by atoms with E-state index < -0.39 is 33.9 Å². The summed E-state index contributed by atoms with van der Waals surface area (Å²) in [5, 5.41) is 2.79. The summed E-state index contributed by atoms with van der Waals surface area (Å²) in [6.45, 7) is 3.26. The van der Waals surface area contributed by atoms with Crippen LogP contribution < -0.4 is 14.8 Å². The molecule has 8 nitrogen and oxygen atoms in total. The van der Waals surface area contributed by atoms with E-state index in [2.05, 4.69) is 5.32 Å². The van der Waals surface area contributed by atoms with Gasteiger partial charge in [0, 0.05) is 0 Å². The summed E-state index contributed by atoms with van der Waals surface area (Å²) in [5.74, 6) is -0.875. The summed E-state index contributed by atoms with van der Waals surface area (Å²) < 4.78 is 38.7. The molecule has 0 spiro atoms. The zero-order valence-electron chi connectivity index (χ0n) is 15.3. The van der Waals surface area contributed by atoms with E-state index in [0.29, 0.717) is 18.8 Å². The predicted molar refractivity (Wildman–Crippen MR) is 99.3 cm³/mol. The fourth-order valence-electron chi connectivity index (χ4n) is 2.82. The summed E-state index contributed by atoms with van der Waals surface area (Å²) in [4.78, 5) is 24.2. The minimum absolute atomic E-state index is 0.0219. The number of sulfone groups is 1. The molecule has 0 bridgehead atoms. The van der Waals surface area contributed by atoms with Crippen molar-refractivity contribution in [1.82, 2.24) is 5.32 Å². The largest absolute Gasteiger partial charge is 0.493 e. The van der Waals surface area contributed by atoms with Crippen molar-refractivity contribution >= 4 is 33.3 Å². The Morgan fingerprint density at radius 2 is 2.04 bits per heavy atom. The van der Waals surface area contributed by atoms with Crippen LogP contribution in [0.5, 0.6) is 11.5 Å². The van der Waals surface area contributed by atoms with Crippen molar-refractivity contribution < 1.29 is 32.2 Å². The van der Waals surface area contributed by atoms with E-state index in [0.717, 1.165) is 0 Å². The minimum atomic E-state index is -3.16. The van der Waals surface area contributed by atoms with Crippen LogP contribution in [0.3, 0.4) is 0 Å². The van der Waals surface area contributed by atoms with Crippen LogP contribution in [0.15, 0.2) is 12.1 Å². The summed E-state index contributed by atoms with van der Waals surface area (Å²) in [7, 11) is -1.75. The number of amides is 1. The lowest BCUT2D eigenvalue weighted by Crippen LogP contribution is -2.48. The Morgan fingerprint density at radius 1 is 1.33 bits per heavy atom. The van der Waals surface area contributed by atoms with Crippen LogP contribution in [0.25, 0.3) is 0 Å². The summed E-state index contributed by atoms with van der Waals surface area (Å²) in [5.41, 5.74) is -0.753. The number of esters is 1. The average molecular weight is 420 g/mol. The molecule has 1 saturated heterocycles. The molecular weight excluding hydrogens is 398 g/mol. The second-order valence-electron chi connectivity index (χ2n) is 6.45. The van der Waals surface area contributed by atoms with Crippen LogP contribution in [0.1, 0.15) is 30.6 Å². The third-order valence-electron chi connectivity index (χ3n) is 4.03. The van der Waals surface area contributed by atoms with Crippen LogP contribution in [0.2, 0.25) is 5.02 Å². The molecule has 0 aromatic heterocycles. The Balaban J connectivity index is 1.99. The Labute approximate surface area is 163 Å². The Bertz CT molecular complexity index is 840. The van der Waals surface area contributed by atoms with Gasteiger partial charge >= 0.3 is 5.97 Å². The number of halogens is 1. The molecule has 1 aromatic rings. The number of methoxy groups -OCH3 is 1. The topological polar surface area (TPSA) is 108 Å². The van der Waals surface area contributed by atoms with Gasteiger partial charge in [0.15, 0.2) is 27.9 Å². The molecule has 1 aromatic carbocycles. The zero-order chi connectivity index (χ0) is 20.2. The monoisotopic (exact) mass is 419 g/mol. The van der Waals surface area contributed by atoms with Gasteiger partial charge in [-0.15, -0.1) is 0 Å². The smallest absolute Gasteiger partial charge is 0.338 e. The lowest BCUT2D eigenvalue weighted by Gasteiger charge is -2.23. The van der Waals surface area contributed by atoms with Crippen LogP contribution in [0.4, 0.5) is 0 Å². The van der Waals surface area contributed by atoms with Crippen molar-refractivity contribution in [3.63, 3.8) is 0 Å². The first-order chi connectivity index (χ1) is 12.6. The van der Waals surface area contributed by atoms with Crippen molar-refractivity contribution in [2.75, 3.05) is 31.8 Å². The third-order valence-corrected chi connectivity index (χ3v) is 6.22. The van der Waals surface area contributed by atoms with Crippen LogP contribution in [-0.2, 0) is 19.4 Å². The first kappa shape index (κ1) is 21.3. The number of carbonyl (C=O) groups excluding carboxylic acids is 2. The molecule has 0 unspecified atom stereocenters. The van der Waals surface area contributed by atoms with Crippen molar-refractivity contribution in [3.05, 3.63) is 22.7 Å². The van der Waals surface area contributed by atoms with Gasteiger partial charge in [0.2, 0.25) is 0 Å². The molecule has 0 saturated carbocycles. The fraction of sp³-hybridized carbons (Fsp3) is 0.529. The molecule has 0 radical (unpaired) electrons. The first-order valence-corrected chi connectivity index (χ1v) is 10.5. The minimum Gasteiger partial charge on any atom is -0.493 e. The summed E-state index contributed by atoms with van der Waals surface area (Å²) in [6, 6.07) is 2.77. The van der Waals surface area contributed by atoms with E-state index in [1.54, 1.807) is 13.8 Å². The highest BCUT2D eigenvalue weighted by atomic mass is 35.5. The SMILES string of the molecule is CCOc1c(Cl)cc(C(=O)OCC(=O)N[C@@]2(C)CCS(=O)(=O)C2)cc1OC. The summed E-state index contributed by atoms with van der Waals surface area (Å²) >= 11 is 6.11. The molecule has 2 rings (SSSR count). The number of ether oxygens (including phenoxy) is 3. The van der Waals surface area contributed by atoms with Crippen molar-refractivity contribution in [3.8, 4) is 11.5 Å². The maximum absolute atomic E-state index is 12.2. The summed E-state index contributed by atoms with van der Waals surface area (Å²) in [6.07, 6.45) is 0.320. The van der Waals surface area contributed by atoms with Gasteiger partial charge in [-0.25, -0.2) is 13.2 Å². The van der Waals surface area contributed by atoms with Gasteiger partial charge in [0.05, 0.1) is 41.3 Å². The van der Waals surface area contributed by atoms with Gasteiger partial charge in [-0.3, -0.25) is 4.79 Å². The highest BCUT2D eigenvalue weighted by Crippen LogP contribution is 2.36. The van der Waals surface area contributed by atoms with Gasteiger partial charge in [-0.2, -0.15) is 0 Å². The normalized spacial score (nSPS) is 20.7. The van der Waals surface area contributed by atoms with Gasteiger partial charge in [-0.1, -0.05) is 11.6 Å². The Morgan fingerprint density at radius 3 is 2.59 bits per heavy atom. The number of hydrogen-bond acceptors (Lipinski definition) is 7. The first-order valence-electron chi connectivity index (χ1n) is 8.28. The van der Waals surface area contributed by atoms with Gasteiger partial charge in [-0.05, 0) is 32.4 Å². The molecule has 10 heteroatoms. The lowest BCUT2D eigenvalue weighted by molar-refractivity contribution is -0.125. The van der Waals surface area contributed by atoms with Crippen LogP contribution >= 0.6 is 11.6 Å².